The first-order valence-electron chi connectivity index (χ1n) is 9.57. The molecule has 0 fully saturated rings. The minimum atomic E-state index is -1.46. The smallest absolute Gasteiger partial charge is 0.349 e. The minimum absolute atomic E-state index is 0.00258. The van der Waals surface area contributed by atoms with Gasteiger partial charge in [0.2, 0.25) is 11.7 Å². The van der Waals surface area contributed by atoms with Gasteiger partial charge in [-0.2, -0.15) is 4.39 Å². The van der Waals surface area contributed by atoms with Crippen molar-refractivity contribution in [2.45, 2.75) is 19.3 Å². The Morgan fingerprint density at radius 2 is 1.91 bits per heavy atom. The topological polar surface area (TPSA) is 146 Å². The van der Waals surface area contributed by atoms with Gasteiger partial charge in [0.15, 0.2) is 17.1 Å². The number of phenols is 1. The summed E-state index contributed by atoms with van der Waals surface area (Å²) in [6.07, 6.45) is -0.0221. The van der Waals surface area contributed by atoms with Gasteiger partial charge in [-0.15, -0.1) is 0 Å². The number of phenolic OH excluding ortho intramolecular Hbond substituents is 1. The molecule has 0 saturated heterocycles. The van der Waals surface area contributed by atoms with E-state index >= 15 is 0 Å². The molecule has 1 aromatic carbocycles. The Bertz CT molecular complexity index is 1070. The van der Waals surface area contributed by atoms with Gasteiger partial charge in [-0.3, -0.25) is 14.4 Å². The van der Waals surface area contributed by atoms with Crippen LogP contribution in [0.4, 0.5) is 8.78 Å². The normalized spacial score (nSPS) is 10.8. The number of hydrogen-bond donors (Lipinski definition) is 3. The number of carbonyl (C=O) groups excluding carboxylic acids is 2. The summed E-state index contributed by atoms with van der Waals surface area (Å²) < 4.78 is 37.0. The largest absolute Gasteiger partial charge is 0.503 e. The van der Waals surface area contributed by atoms with E-state index < -0.39 is 46.0 Å². The van der Waals surface area contributed by atoms with Crippen molar-refractivity contribution in [2.75, 3.05) is 33.4 Å². The van der Waals surface area contributed by atoms with Crippen molar-refractivity contribution in [2.24, 2.45) is 0 Å². The van der Waals surface area contributed by atoms with Crippen molar-refractivity contribution >= 4 is 28.8 Å². The lowest BCUT2D eigenvalue weighted by Crippen LogP contribution is -2.36. The second kappa shape index (κ2) is 11.2. The number of nitrogens with zero attached hydrogens (tertiary/aromatic N) is 1. The minimum Gasteiger partial charge on any atom is -0.503 e. The van der Waals surface area contributed by atoms with Gasteiger partial charge in [0.05, 0.1) is 13.0 Å². The van der Waals surface area contributed by atoms with E-state index in [-0.39, 0.29) is 56.8 Å². The zero-order valence-electron chi connectivity index (χ0n) is 17.2. The molecule has 1 heterocycles. The fourth-order valence-corrected chi connectivity index (χ4v) is 2.83. The predicted molar refractivity (Wildman–Crippen MR) is 106 cm³/mol. The number of aromatic hydroxyl groups is 1. The van der Waals surface area contributed by atoms with E-state index in [2.05, 4.69) is 5.32 Å². The zero-order valence-corrected chi connectivity index (χ0v) is 17.2. The molecule has 10 nitrogen and oxygen atoms in total. The number of halogens is 2. The third-order valence-electron chi connectivity index (χ3n) is 4.50. The molecule has 0 atom stereocenters. The van der Waals surface area contributed by atoms with Crippen LogP contribution >= 0.6 is 0 Å². The fourth-order valence-electron chi connectivity index (χ4n) is 2.83. The molecular formula is C20H22F2N2O8. The first-order chi connectivity index (χ1) is 15.1. The number of hydrogen-bond acceptors (Lipinski definition) is 7. The summed E-state index contributed by atoms with van der Waals surface area (Å²) in [5.41, 5.74) is -2.37. The summed E-state index contributed by atoms with van der Waals surface area (Å²) in [7, 11) is 1.45. The monoisotopic (exact) mass is 456 g/mol. The van der Waals surface area contributed by atoms with Crippen molar-refractivity contribution in [3.8, 4) is 5.75 Å². The van der Waals surface area contributed by atoms with Crippen molar-refractivity contribution in [1.82, 2.24) is 10.2 Å². The van der Waals surface area contributed by atoms with Gasteiger partial charge in [-0.1, -0.05) is 0 Å². The maximum absolute atomic E-state index is 13.8. The van der Waals surface area contributed by atoms with Crippen LogP contribution in [-0.2, 0) is 14.3 Å². The van der Waals surface area contributed by atoms with Crippen LogP contribution in [0.3, 0.4) is 0 Å². The molecule has 2 amide bonds. The van der Waals surface area contributed by atoms with Crippen LogP contribution < -0.4 is 10.9 Å². The third-order valence-corrected chi connectivity index (χ3v) is 4.50. The fraction of sp³-hybridized carbons (Fsp3) is 0.400. The van der Waals surface area contributed by atoms with E-state index in [0.29, 0.717) is 0 Å². The average molecular weight is 456 g/mol. The SMILES string of the molecule is COCCN(CCC(=O)O)C(=O)CCCNC(=O)c1cc2cc(F)c(O)c(F)c2oc1=O. The Balaban J connectivity index is 1.97. The lowest BCUT2D eigenvalue weighted by molar-refractivity contribution is -0.138. The Morgan fingerprint density at radius 1 is 1.19 bits per heavy atom. The Hall–Kier alpha value is -3.54. The highest BCUT2D eigenvalue weighted by atomic mass is 19.1. The van der Waals surface area contributed by atoms with Gasteiger partial charge < -0.3 is 29.6 Å². The second-order valence-electron chi connectivity index (χ2n) is 6.76. The van der Waals surface area contributed by atoms with Crippen molar-refractivity contribution in [3.05, 3.63) is 39.8 Å². The molecule has 0 radical (unpaired) electrons. The maximum Gasteiger partial charge on any atom is 0.349 e. The summed E-state index contributed by atoms with van der Waals surface area (Å²) in [4.78, 5) is 48.6. The summed E-state index contributed by atoms with van der Waals surface area (Å²) in [6.45, 7) is 0.469. The number of nitrogens with one attached hydrogen (secondary N) is 1. The molecule has 12 heteroatoms. The summed E-state index contributed by atoms with van der Waals surface area (Å²) in [5, 5.41) is 20.2. The van der Waals surface area contributed by atoms with Gasteiger partial charge in [-0.05, 0) is 18.6 Å². The molecule has 0 unspecified atom stereocenters. The standard InChI is InChI=1S/C20H22F2N2O8/c1-31-8-7-24(6-4-15(26)27)14(25)3-2-5-23-19(29)12-9-11-10-13(21)17(28)16(22)18(11)32-20(12)30/h9-10,28H,2-8H2,1H3,(H,23,29)(H,26,27). The number of ether oxygens (including phenoxy) is 1. The molecule has 0 aliphatic carbocycles. The van der Waals surface area contributed by atoms with E-state index in [1.54, 1.807) is 0 Å². The van der Waals surface area contributed by atoms with Gasteiger partial charge in [0.25, 0.3) is 5.91 Å². The van der Waals surface area contributed by atoms with Crippen LogP contribution in [-0.4, -0.2) is 66.2 Å². The van der Waals surface area contributed by atoms with Crippen molar-refractivity contribution < 1.29 is 42.5 Å². The van der Waals surface area contributed by atoms with Crippen LogP contribution in [0.5, 0.6) is 5.75 Å². The van der Waals surface area contributed by atoms with E-state index in [1.165, 1.54) is 12.0 Å². The van der Waals surface area contributed by atoms with Crippen LogP contribution in [0.25, 0.3) is 11.0 Å². The molecule has 2 rings (SSSR count). The predicted octanol–water partition coefficient (Wildman–Crippen LogP) is 1.24. The van der Waals surface area contributed by atoms with Gasteiger partial charge in [0, 0.05) is 38.6 Å². The molecule has 0 aliphatic rings. The first kappa shape index (κ1) is 24.7. The quantitative estimate of drug-likeness (QED) is 0.338. The highest BCUT2D eigenvalue weighted by Gasteiger charge is 2.20. The second-order valence-corrected chi connectivity index (χ2v) is 6.76. The number of rotatable bonds is 11. The van der Waals surface area contributed by atoms with Crippen molar-refractivity contribution in [3.63, 3.8) is 0 Å². The highest BCUT2D eigenvalue weighted by Crippen LogP contribution is 2.28. The van der Waals surface area contributed by atoms with Gasteiger partial charge >= 0.3 is 11.6 Å². The van der Waals surface area contributed by atoms with Gasteiger partial charge in [-0.25, -0.2) is 9.18 Å². The van der Waals surface area contributed by atoms with E-state index in [0.717, 1.165) is 12.1 Å². The molecule has 0 bridgehead atoms. The summed E-state index contributed by atoms with van der Waals surface area (Å²) in [5.74, 6) is -6.28. The molecule has 0 saturated carbocycles. The number of aliphatic carboxylic acids is 1. The third kappa shape index (κ3) is 6.23. The maximum atomic E-state index is 13.8. The van der Waals surface area contributed by atoms with Gasteiger partial charge in [0.1, 0.15) is 5.56 Å². The molecule has 3 N–H and O–H groups in total. The van der Waals surface area contributed by atoms with Crippen LogP contribution in [0.1, 0.15) is 29.6 Å². The molecule has 2 aromatic rings. The number of benzene rings is 1. The highest BCUT2D eigenvalue weighted by molar-refractivity contribution is 5.96. The Morgan fingerprint density at radius 3 is 2.56 bits per heavy atom. The van der Waals surface area contributed by atoms with E-state index in [4.69, 9.17) is 14.3 Å². The number of methoxy groups -OCH3 is 1. The van der Waals surface area contributed by atoms with E-state index in [9.17, 15) is 33.1 Å². The first-order valence-corrected chi connectivity index (χ1v) is 9.57. The number of carbonyl (C=O) groups is 3. The number of amides is 2. The molecule has 0 aliphatic heterocycles. The lowest BCUT2D eigenvalue weighted by Gasteiger charge is -2.21. The summed E-state index contributed by atoms with van der Waals surface area (Å²) >= 11 is 0. The molecule has 174 valence electrons. The zero-order chi connectivity index (χ0) is 23.8. The number of carboxylic acids is 1. The van der Waals surface area contributed by atoms with Crippen LogP contribution in [0.2, 0.25) is 0 Å². The summed E-state index contributed by atoms with van der Waals surface area (Å²) in [6, 6.07) is 1.66. The Kier molecular flexibility index (Phi) is 8.64. The number of carboxylic acid groups (broad SMARTS) is 1. The van der Waals surface area contributed by atoms with E-state index in [1.807, 2.05) is 0 Å². The Labute approximate surface area is 180 Å². The van der Waals surface area contributed by atoms with Crippen LogP contribution in [0.15, 0.2) is 21.3 Å². The van der Waals surface area contributed by atoms with Crippen molar-refractivity contribution in [1.29, 1.82) is 0 Å². The number of fused-ring (bicyclic) bond motifs is 1. The molecular weight excluding hydrogens is 434 g/mol. The molecule has 32 heavy (non-hydrogen) atoms. The average Bonchev–Trinajstić information content (AvgIpc) is 2.75. The molecule has 1 aromatic heterocycles. The van der Waals surface area contributed by atoms with Crippen LogP contribution in [0, 0.1) is 11.6 Å². The lowest BCUT2D eigenvalue weighted by atomic mass is 10.1. The molecule has 0 spiro atoms.